The Kier molecular flexibility index (Phi) is 3.47. The number of benzene rings is 1. The molecular weight excluding hydrogens is 272 g/mol. The summed E-state index contributed by atoms with van der Waals surface area (Å²) in [5.74, 6) is -0.251. The van der Waals surface area contributed by atoms with Crippen LogP contribution in [-0.2, 0) is 11.2 Å². The molecule has 1 aromatic rings. The summed E-state index contributed by atoms with van der Waals surface area (Å²) in [5.41, 5.74) is 2.13. The van der Waals surface area contributed by atoms with E-state index in [1.165, 1.54) is 0 Å². The van der Waals surface area contributed by atoms with E-state index >= 15 is 0 Å². The molecule has 1 fully saturated rings. The van der Waals surface area contributed by atoms with Gasteiger partial charge in [-0.25, -0.2) is 4.79 Å². The van der Waals surface area contributed by atoms with Crippen molar-refractivity contribution in [1.82, 2.24) is 15.5 Å². The van der Waals surface area contributed by atoms with Gasteiger partial charge in [-0.1, -0.05) is 0 Å². The van der Waals surface area contributed by atoms with E-state index in [0.717, 1.165) is 11.3 Å². The number of carbonyl (C=O) groups excluding carboxylic acids is 3. The van der Waals surface area contributed by atoms with Crippen LogP contribution in [0.5, 0.6) is 0 Å². The van der Waals surface area contributed by atoms with Crippen LogP contribution in [0, 0.1) is 0 Å². The molecule has 0 unspecified atom stereocenters. The monoisotopic (exact) mass is 288 g/mol. The van der Waals surface area contributed by atoms with E-state index in [9.17, 15) is 14.4 Å². The Balaban J connectivity index is 1.55. The Morgan fingerprint density at radius 1 is 1.33 bits per heavy atom. The SMILES string of the molecule is O=C1Cc2cc(C(=O)NCCN3CCNC3=O)ccc2N1. The van der Waals surface area contributed by atoms with Crippen molar-refractivity contribution in [1.29, 1.82) is 0 Å². The molecule has 0 aromatic heterocycles. The van der Waals surface area contributed by atoms with Crippen LogP contribution < -0.4 is 16.0 Å². The first-order valence-electron chi connectivity index (χ1n) is 6.87. The molecule has 110 valence electrons. The van der Waals surface area contributed by atoms with Crippen LogP contribution in [0.3, 0.4) is 0 Å². The fraction of sp³-hybridized carbons (Fsp3) is 0.357. The molecule has 3 N–H and O–H groups in total. The van der Waals surface area contributed by atoms with Gasteiger partial charge in [0.25, 0.3) is 5.91 Å². The fourth-order valence-corrected chi connectivity index (χ4v) is 2.50. The van der Waals surface area contributed by atoms with E-state index in [4.69, 9.17) is 0 Å². The smallest absolute Gasteiger partial charge is 0.317 e. The Hall–Kier alpha value is -2.57. The molecule has 0 radical (unpaired) electrons. The predicted octanol–water partition coefficient (Wildman–Crippen LogP) is -0.0638. The first-order valence-corrected chi connectivity index (χ1v) is 6.87. The van der Waals surface area contributed by atoms with Gasteiger partial charge >= 0.3 is 6.03 Å². The predicted molar refractivity (Wildman–Crippen MR) is 76.1 cm³/mol. The lowest BCUT2D eigenvalue weighted by atomic mass is 10.1. The van der Waals surface area contributed by atoms with Crippen molar-refractivity contribution in [3.63, 3.8) is 0 Å². The minimum Gasteiger partial charge on any atom is -0.350 e. The first-order chi connectivity index (χ1) is 10.1. The molecule has 1 saturated heterocycles. The van der Waals surface area contributed by atoms with E-state index in [-0.39, 0.29) is 17.8 Å². The van der Waals surface area contributed by atoms with Gasteiger partial charge in [0.2, 0.25) is 5.91 Å². The van der Waals surface area contributed by atoms with Crippen LogP contribution >= 0.6 is 0 Å². The number of rotatable bonds is 4. The number of nitrogens with one attached hydrogen (secondary N) is 3. The van der Waals surface area contributed by atoms with Gasteiger partial charge in [-0.15, -0.1) is 0 Å². The van der Waals surface area contributed by atoms with Gasteiger partial charge in [-0.2, -0.15) is 0 Å². The summed E-state index contributed by atoms with van der Waals surface area (Å²) in [6.45, 7) is 2.21. The van der Waals surface area contributed by atoms with Crippen LogP contribution in [-0.4, -0.2) is 48.9 Å². The lowest BCUT2D eigenvalue weighted by molar-refractivity contribution is -0.115. The third kappa shape index (κ3) is 2.81. The minimum atomic E-state index is -0.197. The number of hydrogen-bond donors (Lipinski definition) is 3. The minimum absolute atomic E-state index is 0.0531. The van der Waals surface area contributed by atoms with Crippen LogP contribution in [0.15, 0.2) is 18.2 Å². The molecule has 0 bridgehead atoms. The second-order valence-corrected chi connectivity index (χ2v) is 5.07. The average Bonchev–Trinajstić information content (AvgIpc) is 3.02. The number of carbonyl (C=O) groups is 3. The van der Waals surface area contributed by atoms with Crippen molar-refractivity contribution >= 4 is 23.5 Å². The van der Waals surface area contributed by atoms with Crippen molar-refractivity contribution in [2.24, 2.45) is 0 Å². The van der Waals surface area contributed by atoms with Gasteiger partial charge < -0.3 is 20.9 Å². The first kappa shape index (κ1) is 13.4. The molecule has 0 atom stereocenters. The molecule has 0 aliphatic carbocycles. The zero-order valence-corrected chi connectivity index (χ0v) is 11.4. The Morgan fingerprint density at radius 2 is 2.19 bits per heavy atom. The number of fused-ring (bicyclic) bond motifs is 1. The van der Waals surface area contributed by atoms with Crippen LogP contribution in [0.2, 0.25) is 0 Å². The second-order valence-electron chi connectivity index (χ2n) is 5.07. The number of urea groups is 1. The summed E-state index contributed by atoms with van der Waals surface area (Å²) in [7, 11) is 0. The summed E-state index contributed by atoms with van der Waals surface area (Å²) in [6.07, 6.45) is 0.310. The maximum Gasteiger partial charge on any atom is 0.317 e. The third-order valence-electron chi connectivity index (χ3n) is 3.60. The molecule has 7 heteroatoms. The summed E-state index contributed by atoms with van der Waals surface area (Å²) < 4.78 is 0. The van der Waals surface area contributed by atoms with Crippen molar-refractivity contribution in [2.45, 2.75) is 6.42 Å². The van der Waals surface area contributed by atoms with Gasteiger partial charge in [-0.3, -0.25) is 9.59 Å². The van der Waals surface area contributed by atoms with E-state index in [0.29, 0.717) is 38.2 Å². The second kappa shape index (κ2) is 5.43. The topological polar surface area (TPSA) is 90.5 Å². The van der Waals surface area contributed by atoms with Crippen molar-refractivity contribution in [2.75, 3.05) is 31.5 Å². The molecule has 2 heterocycles. The fourth-order valence-electron chi connectivity index (χ4n) is 2.50. The highest BCUT2D eigenvalue weighted by atomic mass is 16.2. The summed E-state index contributed by atoms with van der Waals surface area (Å²) in [6, 6.07) is 5.06. The normalized spacial score (nSPS) is 16.5. The summed E-state index contributed by atoms with van der Waals surface area (Å²) >= 11 is 0. The molecule has 21 heavy (non-hydrogen) atoms. The van der Waals surface area contributed by atoms with Crippen LogP contribution in [0.1, 0.15) is 15.9 Å². The Bertz CT molecular complexity index is 614. The zero-order chi connectivity index (χ0) is 14.8. The molecule has 1 aromatic carbocycles. The van der Waals surface area contributed by atoms with Gasteiger partial charge in [0.05, 0.1) is 6.42 Å². The molecule has 4 amide bonds. The maximum absolute atomic E-state index is 12.0. The molecule has 0 saturated carbocycles. The highest BCUT2D eigenvalue weighted by Crippen LogP contribution is 2.23. The molecule has 3 rings (SSSR count). The van der Waals surface area contributed by atoms with E-state index in [2.05, 4.69) is 16.0 Å². The Labute approximate surface area is 121 Å². The van der Waals surface area contributed by atoms with Crippen molar-refractivity contribution in [3.8, 4) is 0 Å². The molecule has 2 aliphatic heterocycles. The van der Waals surface area contributed by atoms with Crippen molar-refractivity contribution in [3.05, 3.63) is 29.3 Å². The van der Waals surface area contributed by atoms with Crippen LogP contribution in [0.4, 0.5) is 10.5 Å². The molecule has 0 spiro atoms. The van der Waals surface area contributed by atoms with Gasteiger partial charge in [0.1, 0.15) is 0 Å². The number of anilines is 1. The van der Waals surface area contributed by atoms with Crippen LogP contribution in [0.25, 0.3) is 0 Å². The lowest BCUT2D eigenvalue weighted by Gasteiger charge is -2.14. The summed E-state index contributed by atoms with van der Waals surface area (Å²) in [5, 5.41) is 8.22. The molecule has 7 nitrogen and oxygen atoms in total. The Morgan fingerprint density at radius 3 is 2.95 bits per heavy atom. The third-order valence-corrected chi connectivity index (χ3v) is 3.60. The lowest BCUT2D eigenvalue weighted by Crippen LogP contribution is -2.36. The molecule has 2 aliphatic rings. The number of nitrogens with zero attached hydrogens (tertiary/aromatic N) is 1. The van der Waals surface area contributed by atoms with E-state index < -0.39 is 0 Å². The van der Waals surface area contributed by atoms with Gasteiger partial charge in [0, 0.05) is 37.4 Å². The standard InChI is InChI=1S/C14H16N4O3/c19-12-8-10-7-9(1-2-11(10)17-12)13(20)15-3-5-18-6-4-16-14(18)21/h1-2,7H,3-6,8H2,(H,15,20)(H,16,21)(H,17,19). The maximum atomic E-state index is 12.0. The number of hydrogen-bond acceptors (Lipinski definition) is 3. The molecular formula is C14H16N4O3. The largest absolute Gasteiger partial charge is 0.350 e. The average molecular weight is 288 g/mol. The summed E-state index contributed by atoms with van der Waals surface area (Å²) in [4.78, 5) is 36.3. The van der Waals surface area contributed by atoms with E-state index in [1.54, 1.807) is 23.1 Å². The highest BCUT2D eigenvalue weighted by molar-refractivity contribution is 6.01. The quantitative estimate of drug-likeness (QED) is 0.724. The van der Waals surface area contributed by atoms with Gasteiger partial charge in [0.15, 0.2) is 0 Å². The van der Waals surface area contributed by atoms with Crippen molar-refractivity contribution < 1.29 is 14.4 Å². The van der Waals surface area contributed by atoms with Gasteiger partial charge in [-0.05, 0) is 23.8 Å². The highest BCUT2D eigenvalue weighted by Gasteiger charge is 2.20. The zero-order valence-electron chi connectivity index (χ0n) is 11.4. The number of amides is 4. The van der Waals surface area contributed by atoms with E-state index in [1.807, 2.05) is 0 Å².